The zero-order chi connectivity index (χ0) is 11.9. The molecule has 0 unspecified atom stereocenters. The fourth-order valence-corrected chi connectivity index (χ4v) is 2.84. The number of carbonyl (C=O) groups is 1. The molecule has 0 N–H and O–H groups in total. The lowest BCUT2D eigenvalue weighted by atomic mass is 10.4. The van der Waals surface area contributed by atoms with Gasteiger partial charge in [0.25, 0.3) is 0 Å². The van der Waals surface area contributed by atoms with Gasteiger partial charge in [0, 0.05) is 25.8 Å². The Hall–Kier alpha value is -0.173. The van der Waals surface area contributed by atoms with E-state index in [1.165, 1.54) is 0 Å². The molecular weight excluding hydrogens is 280 g/mol. The van der Waals surface area contributed by atoms with Crippen molar-refractivity contribution < 1.29 is 18.4 Å². The monoisotopic (exact) mass is 296 g/mol. The summed E-state index contributed by atoms with van der Waals surface area (Å²) < 4.78 is 15.4. The molecule has 0 bridgehead atoms. The molecule has 0 heterocycles. The highest BCUT2D eigenvalue weighted by Gasteiger charge is 2.31. The van der Waals surface area contributed by atoms with Gasteiger partial charge >= 0.3 is 13.1 Å². The van der Waals surface area contributed by atoms with Gasteiger partial charge in [-0.15, -0.1) is 0 Å². The molecule has 0 fully saturated rings. The van der Waals surface area contributed by atoms with Crippen LogP contribution in [0.2, 0.25) is 6.04 Å². The molecule has 0 atom stereocenters. The first-order valence-corrected chi connectivity index (χ1v) is 8.85. The van der Waals surface area contributed by atoms with Crippen molar-refractivity contribution in [3.8, 4) is 0 Å². The summed E-state index contributed by atoms with van der Waals surface area (Å²) in [4.78, 5) is 11.0. The fourth-order valence-electron chi connectivity index (χ4n) is 0.859. The summed E-state index contributed by atoms with van der Waals surface area (Å²) in [5.41, 5.74) is 0.413. The zero-order valence-electron chi connectivity index (χ0n) is 9.34. The first-order valence-electron chi connectivity index (χ1n) is 4.57. The van der Waals surface area contributed by atoms with Gasteiger partial charge in [-0.2, -0.15) is 0 Å². The van der Waals surface area contributed by atoms with Gasteiger partial charge in [0.15, 0.2) is 0 Å². The highest BCUT2D eigenvalue weighted by Crippen LogP contribution is 2.20. The van der Waals surface area contributed by atoms with Gasteiger partial charge in [0.05, 0.1) is 6.61 Å². The topological polar surface area (TPSA) is 44.8 Å². The Kier molecular flexibility index (Phi) is 7.08. The quantitative estimate of drug-likeness (QED) is 0.237. The van der Waals surface area contributed by atoms with Crippen LogP contribution in [-0.4, -0.2) is 34.0 Å². The number of rotatable bonds is 7. The van der Waals surface area contributed by atoms with Crippen molar-refractivity contribution in [2.45, 2.75) is 19.4 Å². The number of hydrogen-bond donors (Lipinski definition) is 0. The summed E-state index contributed by atoms with van der Waals surface area (Å²) in [5, 5.41) is 0. The van der Waals surface area contributed by atoms with Gasteiger partial charge in [-0.1, -0.05) is 21.9 Å². The molecule has 6 heteroatoms. The van der Waals surface area contributed by atoms with Crippen LogP contribution in [0.15, 0.2) is 12.2 Å². The minimum absolute atomic E-state index is 0.355. The van der Waals surface area contributed by atoms with E-state index in [9.17, 15) is 4.79 Å². The summed E-state index contributed by atoms with van der Waals surface area (Å²) in [6.07, 6.45) is 0.707. The maximum atomic E-state index is 11.0. The second-order valence-electron chi connectivity index (χ2n) is 3.09. The Balaban J connectivity index is 3.71. The van der Waals surface area contributed by atoms with Crippen molar-refractivity contribution in [1.29, 1.82) is 0 Å². The Labute approximate surface area is 99.4 Å². The predicted molar refractivity (Wildman–Crippen MR) is 63.9 cm³/mol. The normalized spacial score (nSPS) is 11.2. The second kappa shape index (κ2) is 7.16. The first kappa shape index (κ1) is 14.8. The van der Waals surface area contributed by atoms with Crippen LogP contribution in [0.3, 0.4) is 0 Å². The maximum Gasteiger partial charge on any atom is 0.413 e. The number of hydrogen-bond acceptors (Lipinski definition) is 4. The van der Waals surface area contributed by atoms with Crippen LogP contribution < -0.4 is 0 Å². The van der Waals surface area contributed by atoms with Crippen LogP contribution in [0.25, 0.3) is 0 Å². The van der Waals surface area contributed by atoms with Crippen molar-refractivity contribution in [1.82, 2.24) is 0 Å². The lowest BCUT2D eigenvalue weighted by molar-refractivity contribution is -0.138. The molecule has 0 aromatic heterocycles. The van der Waals surface area contributed by atoms with Crippen molar-refractivity contribution in [3.63, 3.8) is 0 Å². The van der Waals surface area contributed by atoms with Crippen molar-refractivity contribution in [2.24, 2.45) is 0 Å². The molecule has 0 radical (unpaired) electrons. The van der Waals surface area contributed by atoms with E-state index in [-0.39, 0.29) is 5.97 Å². The molecule has 15 heavy (non-hydrogen) atoms. The highest BCUT2D eigenvalue weighted by atomic mass is 79.9. The standard InChI is InChI=1S/C9H17BrO4Si/c1-8(2)9(11)14-6-5-7-15(10,12-3)13-4/h1,5-7H2,2-4H3. The van der Waals surface area contributed by atoms with Gasteiger partial charge in [-0.3, -0.25) is 0 Å². The predicted octanol–water partition coefficient (Wildman–Crippen LogP) is 2.12. The molecule has 0 aromatic rings. The summed E-state index contributed by atoms with van der Waals surface area (Å²) in [6, 6.07) is 0.726. The zero-order valence-corrected chi connectivity index (χ0v) is 11.9. The molecule has 0 saturated carbocycles. The van der Waals surface area contributed by atoms with E-state index in [1.54, 1.807) is 21.1 Å². The summed E-state index contributed by atoms with van der Waals surface area (Å²) in [6.45, 7) is 5.47. The van der Waals surface area contributed by atoms with Gasteiger partial charge in [-0.25, -0.2) is 4.79 Å². The molecule has 4 nitrogen and oxygen atoms in total. The number of halogens is 1. The minimum atomic E-state index is -2.20. The van der Waals surface area contributed by atoms with E-state index in [0.717, 1.165) is 6.04 Å². The van der Waals surface area contributed by atoms with E-state index in [2.05, 4.69) is 21.9 Å². The lowest BCUT2D eigenvalue weighted by Crippen LogP contribution is -2.32. The van der Waals surface area contributed by atoms with E-state index < -0.39 is 7.18 Å². The highest BCUT2D eigenvalue weighted by molar-refractivity contribution is 9.25. The molecule has 88 valence electrons. The third-order valence-corrected chi connectivity index (χ3v) is 7.11. The van der Waals surface area contributed by atoms with Crippen molar-refractivity contribution in [2.75, 3.05) is 20.8 Å². The third-order valence-electron chi connectivity index (χ3n) is 1.81. The average Bonchev–Trinajstić information content (AvgIpc) is 2.23. The molecule has 0 aliphatic carbocycles. The SMILES string of the molecule is C=C(C)C(=O)OCCC[Si](Br)(OC)OC. The Morgan fingerprint density at radius 2 is 1.93 bits per heavy atom. The van der Waals surface area contributed by atoms with E-state index in [0.29, 0.717) is 18.6 Å². The molecule has 0 aliphatic heterocycles. The van der Waals surface area contributed by atoms with Crippen LogP contribution in [0.5, 0.6) is 0 Å². The molecule has 0 rings (SSSR count). The number of carbonyl (C=O) groups excluding carboxylic acids is 1. The fraction of sp³-hybridized carbons (Fsp3) is 0.667. The number of ether oxygens (including phenoxy) is 1. The summed E-state index contributed by atoms with van der Waals surface area (Å²) in [5.74, 6) is -0.355. The number of esters is 1. The maximum absolute atomic E-state index is 11.0. The van der Waals surface area contributed by atoms with Crippen LogP contribution in [-0.2, 0) is 18.4 Å². The molecule has 0 aliphatic rings. The molecule has 0 aromatic carbocycles. The van der Waals surface area contributed by atoms with Crippen LogP contribution in [0.1, 0.15) is 13.3 Å². The Bertz CT molecular complexity index is 228. The van der Waals surface area contributed by atoms with Gasteiger partial charge in [0.2, 0.25) is 0 Å². The lowest BCUT2D eigenvalue weighted by Gasteiger charge is -2.19. The van der Waals surface area contributed by atoms with Crippen molar-refractivity contribution >= 4 is 28.4 Å². The van der Waals surface area contributed by atoms with Crippen molar-refractivity contribution in [3.05, 3.63) is 12.2 Å². The average molecular weight is 297 g/mol. The van der Waals surface area contributed by atoms with Crippen LogP contribution in [0.4, 0.5) is 0 Å². The third kappa shape index (κ3) is 6.09. The largest absolute Gasteiger partial charge is 0.462 e. The molecule has 0 spiro atoms. The van der Waals surface area contributed by atoms with E-state index in [4.69, 9.17) is 13.6 Å². The van der Waals surface area contributed by atoms with Gasteiger partial charge in [-0.05, 0) is 13.3 Å². The van der Waals surface area contributed by atoms with Gasteiger partial charge < -0.3 is 13.6 Å². The van der Waals surface area contributed by atoms with E-state index >= 15 is 0 Å². The minimum Gasteiger partial charge on any atom is -0.462 e. The first-order chi connectivity index (χ1) is 6.95. The summed E-state index contributed by atoms with van der Waals surface area (Å²) >= 11 is 3.42. The Morgan fingerprint density at radius 3 is 2.33 bits per heavy atom. The smallest absolute Gasteiger partial charge is 0.413 e. The van der Waals surface area contributed by atoms with Gasteiger partial charge in [0.1, 0.15) is 0 Å². The second-order valence-corrected chi connectivity index (χ2v) is 9.35. The van der Waals surface area contributed by atoms with Crippen LogP contribution in [0, 0.1) is 0 Å². The molecular formula is C9H17BrO4Si. The summed E-state index contributed by atoms with van der Waals surface area (Å²) in [7, 11) is 1.01. The van der Waals surface area contributed by atoms with Crippen LogP contribution >= 0.6 is 15.3 Å². The Morgan fingerprint density at radius 1 is 1.40 bits per heavy atom. The molecule has 0 amide bonds. The van der Waals surface area contributed by atoms with E-state index in [1.807, 2.05) is 0 Å². The molecule has 0 saturated heterocycles.